The molecule has 0 spiro atoms. The normalized spacial score (nSPS) is 31.6. The second kappa shape index (κ2) is 14.4. The Morgan fingerprint density at radius 1 is 1.25 bits per heavy atom. The number of nitrogens with zero attached hydrogens (tertiary/aromatic N) is 3. The van der Waals surface area contributed by atoms with Gasteiger partial charge in [0.05, 0.1) is 25.7 Å². The van der Waals surface area contributed by atoms with Crippen LogP contribution in [0, 0.1) is 29.6 Å². The molecule has 0 aliphatic heterocycles. The van der Waals surface area contributed by atoms with Gasteiger partial charge in [0.2, 0.25) is 0 Å². The van der Waals surface area contributed by atoms with Gasteiger partial charge in [0.1, 0.15) is 0 Å². The summed E-state index contributed by atoms with van der Waals surface area (Å²) in [6.07, 6.45) is 17.0. The van der Waals surface area contributed by atoms with Gasteiger partial charge < -0.3 is 14.9 Å². The van der Waals surface area contributed by atoms with E-state index in [0.29, 0.717) is 18.8 Å². The van der Waals surface area contributed by atoms with Crippen LogP contribution in [-0.2, 0) is 9.53 Å². The summed E-state index contributed by atoms with van der Waals surface area (Å²) in [5.41, 5.74) is 8.87. The summed E-state index contributed by atoms with van der Waals surface area (Å²) in [7, 11) is 1.48. The highest BCUT2D eigenvalue weighted by atomic mass is 16.5. The lowest BCUT2D eigenvalue weighted by atomic mass is 9.73. The smallest absolute Gasteiger partial charge is 0.308 e. The molecule has 180 valence electrons. The number of aliphatic hydroxyl groups is 2. The molecule has 0 aromatic carbocycles. The fourth-order valence-electron chi connectivity index (χ4n) is 5.76. The number of allylic oxidation sites excluding steroid dienone is 2. The van der Waals surface area contributed by atoms with Gasteiger partial charge in [-0.3, -0.25) is 4.79 Å². The average molecular weight is 448 g/mol. The van der Waals surface area contributed by atoms with Crippen LogP contribution in [0.25, 0.3) is 10.4 Å². The lowest BCUT2D eigenvalue weighted by Gasteiger charge is -2.32. The average Bonchev–Trinajstić information content (AvgIpc) is 3.09. The first-order valence-corrected chi connectivity index (χ1v) is 12.3. The number of esters is 1. The van der Waals surface area contributed by atoms with Crippen LogP contribution in [0.3, 0.4) is 0 Å². The van der Waals surface area contributed by atoms with Crippen LogP contribution in [-0.4, -0.2) is 42.0 Å². The highest BCUT2D eigenvalue weighted by molar-refractivity contribution is 5.72. The van der Waals surface area contributed by atoms with E-state index < -0.39 is 6.10 Å². The maximum atomic E-state index is 12.4. The minimum atomic E-state index is -0.571. The number of ether oxygens (including phenoxy) is 1. The first-order chi connectivity index (χ1) is 15.5. The fraction of sp³-hybridized carbons (Fsp3) is 0.800. The van der Waals surface area contributed by atoms with Gasteiger partial charge in [0.25, 0.3) is 0 Å². The number of hydrogen-bond donors (Lipinski definition) is 2. The monoisotopic (exact) mass is 447 g/mol. The molecular weight excluding hydrogens is 406 g/mol. The van der Waals surface area contributed by atoms with Gasteiger partial charge >= 0.3 is 5.97 Å². The van der Waals surface area contributed by atoms with E-state index in [4.69, 9.17) is 15.4 Å². The summed E-state index contributed by atoms with van der Waals surface area (Å²) < 4.78 is 5.12. The van der Waals surface area contributed by atoms with Crippen molar-refractivity contribution in [1.82, 2.24) is 0 Å². The van der Waals surface area contributed by atoms with Crippen molar-refractivity contribution >= 4 is 5.97 Å². The van der Waals surface area contributed by atoms with Crippen LogP contribution < -0.4 is 0 Å². The Morgan fingerprint density at radius 3 is 2.62 bits per heavy atom. The maximum absolute atomic E-state index is 12.4. The minimum absolute atomic E-state index is 0.00481. The quantitative estimate of drug-likeness (QED) is 0.138. The summed E-state index contributed by atoms with van der Waals surface area (Å²) in [5.74, 6) is 0.962. The third-order valence-corrected chi connectivity index (χ3v) is 7.46. The zero-order valence-corrected chi connectivity index (χ0v) is 19.7. The van der Waals surface area contributed by atoms with Crippen LogP contribution in [0.1, 0.15) is 71.1 Å². The molecule has 0 bridgehead atoms. The van der Waals surface area contributed by atoms with Gasteiger partial charge in [-0.25, -0.2) is 0 Å². The molecule has 0 aromatic heterocycles. The van der Waals surface area contributed by atoms with E-state index in [2.05, 4.69) is 29.1 Å². The van der Waals surface area contributed by atoms with E-state index >= 15 is 0 Å². The van der Waals surface area contributed by atoms with Gasteiger partial charge in [-0.1, -0.05) is 62.0 Å². The SMILES string of the molecule is CCCC1CCC(C(CCC=CC[C@@H]2[C@@H](C=CCO)[C@H](O)C[C@@H]2N=[N+]=[N-])C(=O)OC)CC1. The largest absolute Gasteiger partial charge is 0.469 e. The van der Waals surface area contributed by atoms with Crippen LogP contribution in [0.2, 0.25) is 0 Å². The van der Waals surface area contributed by atoms with E-state index in [9.17, 15) is 9.90 Å². The topological polar surface area (TPSA) is 116 Å². The molecule has 1 unspecified atom stereocenters. The van der Waals surface area contributed by atoms with E-state index in [1.165, 1.54) is 32.8 Å². The predicted octanol–water partition coefficient (Wildman–Crippen LogP) is 5.33. The molecule has 7 heteroatoms. The van der Waals surface area contributed by atoms with E-state index in [1.54, 1.807) is 6.08 Å². The van der Waals surface area contributed by atoms with Gasteiger partial charge in [-0.2, -0.15) is 0 Å². The van der Waals surface area contributed by atoms with Crippen molar-refractivity contribution in [3.63, 3.8) is 0 Å². The molecule has 0 radical (unpaired) electrons. The van der Waals surface area contributed by atoms with Crippen molar-refractivity contribution in [2.45, 2.75) is 83.3 Å². The summed E-state index contributed by atoms with van der Waals surface area (Å²) in [4.78, 5) is 15.4. The van der Waals surface area contributed by atoms with E-state index in [1.807, 2.05) is 6.08 Å². The first-order valence-electron chi connectivity index (χ1n) is 12.3. The summed E-state index contributed by atoms with van der Waals surface area (Å²) in [6, 6.07) is -0.255. The van der Waals surface area contributed by atoms with Crippen molar-refractivity contribution in [2.75, 3.05) is 13.7 Å². The molecule has 2 N–H and O–H groups in total. The zero-order chi connectivity index (χ0) is 23.3. The van der Waals surface area contributed by atoms with Crippen LogP contribution in [0.4, 0.5) is 0 Å². The Morgan fingerprint density at radius 2 is 2.00 bits per heavy atom. The molecule has 2 rings (SSSR count). The second-order valence-corrected chi connectivity index (χ2v) is 9.41. The van der Waals surface area contributed by atoms with Crippen LogP contribution in [0.5, 0.6) is 0 Å². The molecule has 0 saturated heterocycles. The molecule has 7 nitrogen and oxygen atoms in total. The first kappa shape index (κ1) is 26.4. The fourth-order valence-corrected chi connectivity index (χ4v) is 5.76. The van der Waals surface area contributed by atoms with E-state index in [-0.39, 0.29) is 36.4 Å². The summed E-state index contributed by atoms with van der Waals surface area (Å²) in [6.45, 7) is 2.16. The number of carbonyl (C=O) groups is 1. The van der Waals surface area contributed by atoms with Gasteiger partial charge in [0, 0.05) is 16.9 Å². The van der Waals surface area contributed by atoms with Crippen molar-refractivity contribution < 1.29 is 19.7 Å². The Labute approximate surface area is 192 Å². The third kappa shape index (κ3) is 7.65. The lowest BCUT2D eigenvalue weighted by Crippen LogP contribution is -2.28. The Hall–Kier alpha value is -1.82. The van der Waals surface area contributed by atoms with Crippen molar-refractivity contribution in [3.8, 4) is 0 Å². The Balaban J connectivity index is 1.91. The van der Waals surface area contributed by atoms with E-state index in [0.717, 1.165) is 31.6 Å². The minimum Gasteiger partial charge on any atom is -0.469 e. The number of azide groups is 1. The van der Waals surface area contributed by atoms with Crippen LogP contribution in [0.15, 0.2) is 29.4 Å². The van der Waals surface area contributed by atoms with Crippen molar-refractivity contribution in [1.29, 1.82) is 0 Å². The lowest BCUT2D eigenvalue weighted by molar-refractivity contribution is -0.148. The molecule has 0 aromatic rings. The van der Waals surface area contributed by atoms with Gasteiger partial charge in [-0.15, -0.1) is 0 Å². The molecule has 5 atom stereocenters. The zero-order valence-electron chi connectivity index (χ0n) is 19.7. The molecule has 2 saturated carbocycles. The molecular formula is C25H41N3O4. The van der Waals surface area contributed by atoms with Gasteiger partial charge in [0.15, 0.2) is 0 Å². The molecule has 32 heavy (non-hydrogen) atoms. The summed E-state index contributed by atoms with van der Waals surface area (Å²) >= 11 is 0. The van der Waals surface area contributed by atoms with Crippen molar-refractivity contribution in [3.05, 3.63) is 34.7 Å². The standard InChI is InChI=1S/C25H41N3O4/c1-3-8-18-12-14-19(15-13-18)20(25(31)32-2)9-5-4-6-10-21-22(11-7-16-29)24(30)17-23(21)27-28-26/h4,6-7,11,18-24,29-30H,3,5,8-10,12-17H2,1-2H3/t18?,19?,20?,21-,22-,23+,24-/m1/s1. The van der Waals surface area contributed by atoms with Crippen molar-refractivity contribution in [2.24, 2.45) is 34.7 Å². The Bertz CT molecular complexity index is 666. The molecule has 0 amide bonds. The molecule has 2 aliphatic rings. The number of carbonyl (C=O) groups excluding carboxylic acids is 1. The highest BCUT2D eigenvalue weighted by Gasteiger charge is 2.39. The number of aliphatic hydroxyl groups excluding tert-OH is 2. The number of methoxy groups -OCH3 is 1. The second-order valence-electron chi connectivity index (χ2n) is 9.41. The number of rotatable bonds is 12. The summed E-state index contributed by atoms with van der Waals surface area (Å²) in [5, 5.41) is 23.3. The number of hydrogen-bond acceptors (Lipinski definition) is 5. The molecule has 2 aliphatic carbocycles. The third-order valence-electron chi connectivity index (χ3n) is 7.46. The molecule has 2 fully saturated rings. The Kier molecular flexibility index (Phi) is 11.9. The van der Waals surface area contributed by atoms with Gasteiger partial charge in [-0.05, 0) is 61.8 Å². The predicted molar refractivity (Wildman–Crippen MR) is 126 cm³/mol. The van der Waals surface area contributed by atoms with Crippen LogP contribution >= 0.6 is 0 Å². The molecule has 0 heterocycles. The maximum Gasteiger partial charge on any atom is 0.308 e. The highest BCUT2D eigenvalue weighted by Crippen LogP contribution is 2.39.